The Balaban J connectivity index is 2.53. The average Bonchev–Trinajstić information content (AvgIpc) is 2.30. The van der Waals surface area contributed by atoms with Crippen LogP contribution in [0.1, 0.15) is 25.3 Å². The zero-order valence-corrected chi connectivity index (χ0v) is 10.1. The Morgan fingerprint density at radius 3 is 2.69 bits per heavy atom. The van der Waals surface area contributed by atoms with E-state index in [4.69, 9.17) is 11.6 Å². The van der Waals surface area contributed by atoms with Crippen LogP contribution >= 0.6 is 11.6 Å². The van der Waals surface area contributed by atoms with Crippen LogP contribution in [0, 0.1) is 0 Å². The number of amides is 1. The molecule has 1 rings (SSSR count). The van der Waals surface area contributed by atoms with Gasteiger partial charge in [0.05, 0.1) is 0 Å². The molecule has 0 aromatic heterocycles. The monoisotopic (exact) mass is 237 g/mol. The van der Waals surface area contributed by atoms with Crippen LogP contribution in [0.15, 0.2) is 35.4 Å². The van der Waals surface area contributed by atoms with Gasteiger partial charge < -0.3 is 5.32 Å². The lowest BCUT2D eigenvalue weighted by atomic mass is 10.2. The Kier molecular flexibility index (Phi) is 5.65. The maximum atomic E-state index is 11.5. The summed E-state index contributed by atoms with van der Waals surface area (Å²) in [4.78, 5) is 11.5. The molecule has 1 N–H and O–H groups in total. The lowest BCUT2D eigenvalue weighted by molar-refractivity contribution is -0.116. The zero-order valence-electron chi connectivity index (χ0n) is 9.37. The van der Waals surface area contributed by atoms with Gasteiger partial charge in [-0.3, -0.25) is 4.79 Å². The van der Waals surface area contributed by atoms with E-state index in [1.54, 1.807) is 6.08 Å². The summed E-state index contributed by atoms with van der Waals surface area (Å²) in [5.41, 5.74) is 0.929. The van der Waals surface area contributed by atoms with Crippen LogP contribution in [-0.2, 0) is 4.79 Å². The van der Waals surface area contributed by atoms with Crippen molar-refractivity contribution in [2.45, 2.75) is 19.8 Å². The summed E-state index contributed by atoms with van der Waals surface area (Å²) in [5, 5.41) is 2.99. The van der Waals surface area contributed by atoms with Crippen molar-refractivity contribution in [3.8, 4) is 0 Å². The normalized spacial score (nSPS) is 11.2. The minimum Gasteiger partial charge on any atom is -0.351 e. The molecule has 0 radical (unpaired) electrons. The van der Waals surface area contributed by atoms with Crippen molar-refractivity contribution < 1.29 is 4.79 Å². The van der Waals surface area contributed by atoms with Gasteiger partial charge in [-0.15, -0.1) is 0 Å². The predicted octanol–water partition coefficient (Wildman–Crippen LogP) is 3.18. The average molecular weight is 238 g/mol. The first-order valence-electron chi connectivity index (χ1n) is 5.44. The number of benzene rings is 1. The predicted molar refractivity (Wildman–Crippen MR) is 68.2 cm³/mol. The molecule has 0 saturated heterocycles. The second kappa shape index (κ2) is 7.07. The van der Waals surface area contributed by atoms with Crippen molar-refractivity contribution >= 4 is 23.6 Å². The van der Waals surface area contributed by atoms with E-state index in [1.807, 2.05) is 30.3 Å². The number of hydrogen-bond acceptors (Lipinski definition) is 1. The van der Waals surface area contributed by atoms with Gasteiger partial charge in [0.25, 0.3) is 5.91 Å². The number of hydrogen-bond donors (Lipinski definition) is 1. The molecule has 86 valence electrons. The lowest BCUT2D eigenvalue weighted by Gasteiger charge is -2.02. The highest BCUT2D eigenvalue weighted by molar-refractivity contribution is 6.44. The van der Waals surface area contributed by atoms with Gasteiger partial charge in [0.15, 0.2) is 0 Å². The van der Waals surface area contributed by atoms with Crippen molar-refractivity contribution in [2.75, 3.05) is 6.54 Å². The number of halogens is 1. The highest BCUT2D eigenvalue weighted by Crippen LogP contribution is 2.09. The van der Waals surface area contributed by atoms with E-state index in [9.17, 15) is 4.79 Å². The topological polar surface area (TPSA) is 29.1 Å². The minimum absolute atomic E-state index is 0.209. The molecule has 0 heterocycles. The standard InChI is InChI=1S/C13H16ClNO/c1-2-3-9-15-13(16)12(14)10-11-7-5-4-6-8-11/h4-8,10H,2-3,9H2,1H3,(H,15,16)/b12-10-. The molecule has 0 aliphatic heterocycles. The molecule has 1 aromatic carbocycles. The maximum Gasteiger partial charge on any atom is 0.262 e. The number of carbonyl (C=O) groups is 1. The highest BCUT2D eigenvalue weighted by Gasteiger charge is 2.04. The molecule has 3 heteroatoms. The fourth-order valence-electron chi connectivity index (χ4n) is 1.22. The van der Waals surface area contributed by atoms with Gasteiger partial charge in [-0.25, -0.2) is 0 Å². The molecule has 0 bridgehead atoms. The molecule has 0 fully saturated rings. The summed E-state index contributed by atoms with van der Waals surface area (Å²) in [7, 11) is 0. The third-order valence-corrected chi connectivity index (χ3v) is 2.41. The quantitative estimate of drug-likeness (QED) is 0.619. The van der Waals surface area contributed by atoms with Crippen molar-refractivity contribution in [1.82, 2.24) is 5.32 Å². The number of unbranched alkanes of at least 4 members (excludes halogenated alkanes) is 1. The van der Waals surface area contributed by atoms with E-state index in [0.717, 1.165) is 18.4 Å². The molecule has 0 atom stereocenters. The Morgan fingerprint density at radius 2 is 2.06 bits per heavy atom. The van der Waals surface area contributed by atoms with Crippen molar-refractivity contribution in [1.29, 1.82) is 0 Å². The number of carbonyl (C=O) groups excluding carboxylic acids is 1. The highest BCUT2D eigenvalue weighted by atomic mass is 35.5. The number of nitrogens with one attached hydrogen (secondary N) is 1. The van der Waals surface area contributed by atoms with E-state index in [-0.39, 0.29) is 10.9 Å². The molecule has 0 aliphatic carbocycles. The Labute approximate surface area is 101 Å². The van der Waals surface area contributed by atoms with Crippen LogP contribution in [0.5, 0.6) is 0 Å². The Morgan fingerprint density at radius 1 is 1.38 bits per heavy atom. The zero-order chi connectivity index (χ0) is 11.8. The van der Waals surface area contributed by atoms with Crippen LogP contribution in [0.25, 0.3) is 6.08 Å². The molecular weight excluding hydrogens is 222 g/mol. The van der Waals surface area contributed by atoms with E-state index in [0.29, 0.717) is 6.54 Å². The summed E-state index contributed by atoms with van der Waals surface area (Å²) < 4.78 is 0. The molecule has 2 nitrogen and oxygen atoms in total. The lowest BCUT2D eigenvalue weighted by Crippen LogP contribution is -2.24. The summed E-state index contributed by atoms with van der Waals surface area (Å²) in [6.45, 7) is 2.75. The molecule has 1 aromatic rings. The van der Waals surface area contributed by atoms with Crippen LogP contribution in [0.2, 0.25) is 0 Å². The van der Waals surface area contributed by atoms with Crippen LogP contribution in [0.3, 0.4) is 0 Å². The van der Waals surface area contributed by atoms with Crippen LogP contribution < -0.4 is 5.32 Å². The molecule has 0 aliphatic rings. The molecule has 0 spiro atoms. The van der Waals surface area contributed by atoms with E-state index in [2.05, 4.69) is 12.2 Å². The largest absolute Gasteiger partial charge is 0.351 e. The first kappa shape index (κ1) is 12.8. The molecule has 0 unspecified atom stereocenters. The third-order valence-electron chi connectivity index (χ3n) is 2.13. The Bertz CT molecular complexity index is 359. The number of rotatable bonds is 5. The summed E-state index contributed by atoms with van der Waals surface area (Å²) >= 11 is 5.89. The van der Waals surface area contributed by atoms with Gasteiger partial charge in [-0.05, 0) is 18.1 Å². The second-order valence-corrected chi connectivity index (χ2v) is 3.92. The summed E-state index contributed by atoms with van der Waals surface area (Å²) in [6, 6.07) is 9.55. The van der Waals surface area contributed by atoms with Gasteiger partial charge in [-0.1, -0.05) is 55.3 Å². The van der Waals surface area contributed by atoms with Crippen LogP contribution in [0.4, 0.5) is 0 Å². The third kappa shape index (κ3) is 4.49. The minimum atomic E-state index is -0.209. The smallest absolute Gasteiger partial charge is 0.262 e. The van der Waals surface area contributed by atoms with Crippen molar-refractivity contribution in [2.24, 2.45) is 0 Å². The van der Waals surface area contributed by atoms with Gasteiger partial charge >= 0.3 is 0 Å². The van der Waals surface area contributed by atoms with Crippen molar-refractivity contribution in [3.05, 3.63) is 40.9 Å². The van der Waals surface area contributed by atoms with E-state index in [1.165, 1.54) is 0 Å². The summed E-state index contributed by atoms with van der Waals surface area (Å²) in [5.74, 6) is -0.209. The van der Waals surface area contributed by atoms with Crippen LogP contribution in [-0.4, -0.2) is 12.5 Å². The van der Waals surface area contributed by atoms with Gasteiger partial charge in [0, 0.05) is 6.54 Å². The molecule has 16 heavy (non-hydrogen) atoms. The fourth-order valence-corrected chi connectivity index (χ4v) is 1.42. The maximum absolute atomic E-state index is 11.5. The Hall–Kier alpha value is -1.28. The molecular formula is C13H16ClNO. The molecule has 1 amide bonds. The second-order valence-electron chi connectivity index (χ2n) is 3.51. The van der Waals surface area contributed by atoms with Crippen molar-refractivity contribution in [3.63, 3.8) is 0 Å². The SMILES string of the molecule is CCCCNC(=O)/C(Cl)=C/c1ccccc1. The fraction of sp³-hybridized carbons (Fsp3) is 0.308. The van der Waals surface area contributed by atoms with E-state index >= 15 is 0 Å². The van der Waals surface area contributed by atoms with Gasteiger partial charge in [0.1, 0.15) is 5.03 Å². The van der Waals surface area contributed by atoms with E-state index < -0.39 is 0 Å². The first-order chi connectivity index (χ1) is 7.74. The van der Waals surface area contributed by atoms with Gasteiger partial charge in [-0.2, -0.15) is 0 Å². The molecule has 0 saturated carbocycles. The summed E-state index contributed by atoms with van der Waals surface area (Å²) in [6.07, 6.45) is 3.70. The first-order valence-corrected chi connectivity index (χ1v) is 5.82. The van der Waals surface area contributed by atoms with Gasteiger partial charge in [0.2, 0.25) is 0 Å².